The highest BCUT2D eigenvalue weighted by atomic mass is 16.7. The molecule has 28 heavy (non-hydrogen) atoms. The maximum atomic E-state index is 12.8. The van der Waals surface area contributed by atoms with Crippen LogP contribution in [0, 0.1) is 13.8 Å². The van der Waals surface area contributed by atoms with Gasteiger partial charge in [0.05, 0.1) is 29.2 Å². The number of hydrogen-bond donors (Lipinski definition) is 1. The minimum Gasteiger partial charge on any atom is -0.349 e. The van der Waals surface area contributed by atoms with Gasteiger partial charge in [-0.15, -0.1) is 0 Å². The molecule has 2 aliphatic rings. The number of hydrogen-bond acceptors (Lipinski definition) is 4. The third-order valence-electron chi connectivity index (χ3n) is 5.79. The number of amides is 1. The average Bonchev–Trinajstić information content (AvgIpc) is 3.14. The fraction of sp³-hybridized carbons (Fsp3) is 0.545. The summed E-state index contributed by atoms with van der Waals surface area (Å²) in [6.07, 6.45) is 6.62. The highest BCUT2D eigenvalue weighted by Crippen LogP contribution is 2.36. The number of ether oxygens (including phenoxy) is 2. The number of carbonyl (C=O) groups excluding carboxylic acids is 1. The minimum atomic E-state index is -0.421. The van der Waals surface area contributed by atoms with Gasteiger partial charge in [-0.05, 0) is 38.8 Å². The largest absolute Gasteiger partial charge is 0.349 e. The highest BCUT2D eigenvalue weighted by Gasteiger charge is 2.41. The molecule has 150 valence electrons. The standard InChI is InChI=1S/C22H29N3O3/c1-16-20(17(2)25(24-16)18-10-6-5-7-11-18)21(26)23-14-19-15-27-22(28-19)12-8-3-4-9-13-22/h5-7,10-11,19H,3-4,8-9,12-15H2,1-2H3,(H,23,26)/t19-/m0/s1. The van der Waals surface area contributed by atoms with E-state index in [4.69, 9.17) is 9.47 Å². The van der Waals surface area contributed by atoms with Gasteiger partial charge in [0.15, 0.2) is 5.79 Å². The van der Waals surface area contributed by atoms with Gasteiger partial charge < -0.3 is 14.8 Å². The van der Waals surface area contributed by atoms with E-state index in [1.54, 1.807) is 0 Å². The molecule has 2 fully saturated rings. The summed E-state index contributed by atoms with van der Waals surface area (Å²) in [6.45, 7) is 4.80. The lowest BCUT2D eigenvalue weighted by Gasteiger charge is -2.26. The second kappa shape index (κ2) is 8.05. The van der Waals surface area contributed by atoms with E-state index in [-0.39, 0.29) is 12.0 Å². The molecule has 0 radical (unpaired) electrons. The van der Waals surface area contributed by atoms with Crippen LogP contribution in [-0.4, -0.2) is 40.7 Å². The van der Waals surface area contributed by atoms with Crippen molar-refractivity contribution < 1.29 is 14.3 Å². The SMILES string of the molecule is Cc1nn(-c2ccccc2)c(C)c1C(=O)NC[C@H]1COC2(CCCCCC2)O1. The molecular formula is C22H29N3O3. The number of benzene rings is 1. The highest BCUT2D eigenvalue weighted by molar-refractivity contribution is 5.96. The quantitative estimate of drug-likeness (QED) is 0.875. The van der Waals surface area contributed by atoms with Gasteiger partial charge in [0.2, 0.25) is 0 Å². The number of aryl methyl sites for hydroxylation is 1. The van der Waals surface area contributed by atoms with Crippen LogP contribution in [0.5, 0.6) is 0 Å². The van der Waals surface area contributed by atoms with Crippen LogP contribution in [0.3, 0.4) is 0 Å². The molecule has 1 saturated heterocycles. The van der Waals surface area contributed by atoms with Crippen LogP contribution in [-0.2, 0) is 9.47 Å². The molecule has 0 bridgehead atoms. The molecule has 1 spiro atoms. The first kappa shape index (κ1) is 19.2. The monoisotopic (exact) mass is 383 g/mol. The second-order valence-corrected chi connectivity index (χ2v) is 7.88. The predicted octanol–water partition coefficient (Wildman–Crippen LogP) is 3.68. The minimum absolute atomic E-state index is 0.0909. The average molecular weight is 383 g/mol. The van der Waals surface area contributed by atoms with E-state index >= 15 is 0 Å². The van der Waals surface area contributed by atoms with E-state index < -0.39 is 5.79 Å². The van der Waals surface area contributed by atoms with Gasteiger partial charge in [-0.1, -0.05) is 31.0 Å². The van der Waals surface area contributed by atoms with Gasteiger partial charge in [0.25, 0.3) is 5.91 Å². The van der Waals surface area contributed by atoms with Gasteiger partial charge >= 0.3 is 0 Å². The number of para-hydroxylation sites is 1. The molecule has 1 aliphatic heterocycles. The number of nitrogens with zero attached hydrogens (tertiary/aromatic N) is 2. The first-order chi connectivity index (χ1) is 13.6. The van der Waals surface area contributed by atoms with Crippen molar-refractivity contribution in [2.45, 2.75) is 64.3 Å². The summed E-state index contributed by atoms with van der Waals surface area (Å²) < 4.78 is 14.1. The van der Waals surface area contributed by atoms with Crippen molar-refractivity contribution in [2.75, 3.05) is 13.2 Å². The van der Waals surface area contributed by atoms with Gasteiger partial charge in [0.1, 0.15) is 6.10 Å². The van der Waals surface area contributed by atoms with E-state index in [0.717, 1.165) is 42.8 Å². The molecule has 1 amide bonds. The Morgan fingerprint density at radius 3 is 2.61 bits per heavy atom. The van der Waals surface area contributed by atoms with Gasteiger partial charge in [-0.2, -0.15) is 5.10 Å². The summed E-state index contributed by atoms with van der Waals surface area (Å²) in [5, 5.41) is 7.59. The number of rotatable bonds is 4. The molecule has 0 unspecified atom stereocenters. The number of carbonyl (C=O) groups is 1. The van der Waals surface area contributed by atoms with Crippen molar-refractivity contribution >= 4 is 5.91 Å². The van der Waals surface area contributed by atoms with Crippen molar-refractivity contribution in [3.63, 3.8) is 0 Å². The zero-order valence-corrected chi connectivity index (χ0v) is 16.7. The Kier molecular flexibility index (Phi) is 5.51. The molecule has 6 heteroatoms. The first-order valence-electron chi connectivity index (χ1n) is 10.3. The Balaban J connectivity index is 1.40. The molecule has 1 aromatic heterocycles. The molecule has 2 aromatic rings. The summed E-state index contributed by atoms with van der Waals surface area (Å²) in [7, 11) is 0. The van der Waals surface area contributed by atoms with Crippen molar-refractivity contribution in [3.05, 3.63) is 47.3 Å². The van der Waals surface area contributed by atoms with Crippen LogP contribution in [0.15, 0.2) is 30.3 Å². The number of aromatic nitrogens is 2. The molecule has 1 saturated carbocycles. The van der Waals surface area contributed by atoms with Crippen LogP contribution in [0.1, 0.15) is 60.3 Å². The van der Waals surface area contributed by atoms with E-state index in [0.29, 0.717) is 18.7 Å². The van der Waals surface area contributed by atoms with E-state index in [1.807, 2.05) is 48.9 Å². The summed E-state index contributed by atoms with van der Waals surface area (Å²) in [4.78, 5) is 12.8. The summed E-state index contributed by atoms with van der Waals surface area (Å²) in [5.74, 6) is -0.529. The fourth-order valence-electron chi connectivity index (χ4n) is 4.33. The fourth-order valence-corrected chi connectivity index (χ4v) is 4.33. The van der Waals surface area contributed by atoms with Crippen LogP contribution < -0.4 is 5.32 Å². The van der Waals surface area contributed by atoms with Crippen LogP contribution in [0.4, 0.5) is 0 Å². The van der Waals surface area contributed by atoms with Crippen molar-refractivity contribution in [1.82, 2.24) is 15.1 Å². The summed E-state index contributed by atoms with van der Waals surface area (Å²) in [5.41, 5.74) is 3.14. The predicted molar refractivity (Wildman–Crippen MR) is 107 cm³/mol. The third kappa shape index (κ3) is 3.84. The molecule has 1 aliphatic carbocycles. The van der Waals surface area contributed by atoms with Crippen molar-refractivity contribution in [1.29, 1.82) is 0 Å². The lowest BCUT2D eigenvalue weighted by atomic mass is 10.1. The Bertz CT molecular complexity index is 823. The zero-order valence-electron chi connectivity index (χ0n) is 16.7. The Hall–Kier alpha value is -2.18. The molecule has 1 N–H and O–H groups in total. The van der Waals surface area contributed by atoms with Crippen molar-refractivity contribution in [2.24, 2.45) is 0 Å². The van der Waals surface area contributed by atoms with Crippen molar-refractivity contribution in [3.8, 4) is 5.69 Å². The molecule has 1 atom stereocenters. The topological polar surface area (TPSA) is 65.4 Å². The van der Waals surface area contributed by atoms with Gasteiger partial charge in [-0.3, -0.25) is 4.79 Å². The lowest BCUT2D eigenvalue weighted by Crippen LogP contribution is -2.36. The van der Waals surface area contributed by atoms with Crippen LogP contribution in [0.25, 0.3) is 5.69 Å². The second-order valence-electron chi connectivity index (χ2n) is 7.88. The van der Waals surface area contributed by atoms with E-state index in [2.05, 4.69) is 10.4 Å². The lowest BCUT2D eigenvalue weighted by molar-refractivity contribution is -0.175. The summed E-state index contributed by atoms with van der Waals surface area (Å²) >= 11 is 0. The molecular weight excluding hydrogens is 354 g/mol. The first-order valence-corrected chi connectivity index (χ1v) is 10.3. The smallest absolute Gasteiger partial charge is 0.255 e. The maximum Gasteiger partial charge on any atom is 0.255 e. The van der Waals surface area contributed by atoms with Crippen LogP contribution >= 0.6 is 0 Å². The maximum absolute atomic E-state index is 12.8. The molecule has 6 nitrogen and oxygen atoms in total. The molecule has 1 aromatic carbocycles. The molecule has 2 heterocycles. The van der Waals surface area contributed by atoms with Gasteiger partial charge in [-0.25, -0.2) is 4.68 Å². The van der Waals surface area contributed by atoms with E-state index in [1.165, 1.54) is 12.8 Å². The van der Waals surface area contributed by atoms with Crippen LogP contribution in [0.2, 0.25) is 0 Å². The van der Waals surface area contributed by atoms with Gasteiger partial charge in [0, 0.05) is 19.4 Å². The number of nitrogens with one attached hydrogen (secondary N) is 1. The Morgan fingerprint density at radius 2 is 1.89 bits per heavy atom. The molecule has 4 rings (SSSR count). The Labute approximate surface area is 166 Å². The summed E-state index contributed by atoms with van der Waals surface area (Å²) in [6, 6.07) is 9.86. The Morgan fingerprint density at radius 1 is 1.18 bits per heavy atom. The third-order valence-corrected chi connectivity index (χ3v) is 5.79. The zero-order chi connectivity index (χ0) is 19.6. The van der Waals surface area contributed by atoms with E-state index in [9.17, 15) is 4.79 Å². The normalized spacial score (nSPS) is 21.6.